The summed E-state index contributed by atoms with van der Waals surface area (Å²) in [6.07, 6.45) is 1.34. The fraction of sp³-hybridized carbons (Fsp3) is 0.130. The summed E-state index contributed by atoms with van der Waals surface area (Å²) in [5.74, 6) is -3.57. The standard InChI is InChI=1S/C23H16N2O5S/c1-12-7-8-15-17(10-12)31-23(24-15)25-19(13-4-2-5-14(26)11-13)18(21(28)22(25)29)20(27)16-6-3-9-30-16/h2-11,18-19,26H,1H3. The van der Waals surface area contributed by atoms with Gasteiger partial charge in [-0.3, -0.25) is 19.3 Å². The zero-order valence-electron chi connectivity index (χ0n) is 16.3. The number of phenolic OH excluding ortho intramolecular Hbond substituents is 1. The topological polar surface area (TPSA) is 101 Å². The number of fused-ring (bicyclic) bond motifs is 1. The minimum Gasteiger partial charge on any atom is -0.508 e. The molecule has 1 fully saturated rings. The molecular weight excluding hydrogens is 416 g/mol. The Morgan fingerprint density at radius 3 is 2.71 bits per heavy atom. The molecule has 4 aromatic rings. The summed E-state index contributed by atoms with van der Waals surface area (Å²) in [4.78, 5) is 45.1. The van der Waals surface area contributed by atoms with Gasteiger partial charge in [-0.1, -0.05) is 29.5 Å². The quantitative estimate of drug-likeness (QED) is 0.297. The molecule has 3 heterocycles. The first-order valence-corrected chi connectivity index (χ1v) is 10.4. The number of carbonyl (C=O) groups is 3. The van der Waals surface area contributed by atoms with Crippen molar-refractivity contribution < 1.29 is 23.9 Å². The third kappa shape index (κ3) is 3.12. The van der Waals surface area contributed by atoms with E-state index < -0.39 is 29.4 Å². The summed E-state index contributed by atoms with van der Waals surface area (Å²) in [6.45, 7) is 1.96. The van der Waals surface area contributed by atoms with Gasteiger partial charge in [0.05, 0.1) is 22.5 Å². The number of Topliss-reactive ketones (excluding diaryl/α,β-unsaturated/α-hetero) is 2. The molecule has 8 heteroatoms. The first-order valence-electron chi connectivity index (χ1n) is 9.55. The summed E-state index contributed by atoms with van der Waals surface area (Å²) in [5.41, 5.74) is 2.20. The smallest absolute Gasteiger partial charge is 0.297 e. The first kappa shape index (κ1) is 19.2. The van der Waals surface area contributed by atoms with Crippen molar-refractivity contribution >= 4 is 44.2 Å². The second kappa shape index (κ2) is 7.17. The lowest BCUT2D eigenvalue weighted by molar-refractivity contribution is -0.135. The van der Waals surface area contributed by atoms with Gasteiger partial charge in [-0.25, -0.2) is 4.98 Å². The van der Waals surface area contributed by atoms with Crippen molar-refractivity contribution in [2.45, 2.75) is 13.0 Å². The predicted molar refractivity (Wildman–Crippen MR) is 114 cm³/mol. The highest BCUT2D eigenvalue weighted by Crippen LogP contribution is 2.44. The van der Waals surface area contributed by atoms with Gasteiger partial charge in [0.1, 0.15) is 11.7 Å². The van der Waals surface area contributed by atoms with E-state index in [0.29, 0.717) is 16.2 Å². The molecule has 0 radical (unpaired) electrons. The third-order valence-electron chi connectivity index (χ3n) is 5.30. The Balaban J connectivity index is 1.68. The molecular formula is C23H16N2O5S. The number of hydrogen-bond donors (Lipinski definition) is 1. The average Bonchev–Trinajstić information content (AvgIpc) is 3.46. The highest BCUT2D eigenvalue weighted by molar-refractivity contribution is 7.22. The highest BCUT2D eigenvalue weighted by atomic mass is 32.1. The number of phenols is 1. The van der Waals surface area contributed by atoms with Gasteiger partial charge in [0.15, 0.2) is 10.9 Å². The molecule has 1 saturated heterocycles. The molecule has 0 bridgehead atoms. The number of amides is 1. The summed E-state index contributed by atoms with van der Waals surface area (Å²) in [5, 5.41) is 10.3. The normalized spacial score (nSPS) is 18.8. The Morgan fingerprint density at radius 2 is 1.97 bits per heavy atom. The third-order valence-corrected chi connectivity index (χ3v) is 6.32. The second-order valence-electron chi connectivity index (χ2n) is 7.37. The summed E-state index contributed by atoms with van der Waals surface area (Å²) < 4.78 is 6.07. The molecule has 0 spiro atoms. The zero-order valence-corrected chi connectivity index (χ0v) is 17.1. The molecule has 1 aliphatic heterocycles. The Morgan fingerprint density at radius 1 is 1.13 bits per heavy atom. The van der Waals surface area contributed by atoms with Crippen molar-refractivity contribution in [3.63, 3.8) is 0 Å². The molecule has 2 unspecified atom stereocenters. The van der Waals surface area contributed by atoms with Crippen LogP contribution in [0.1, 0.15) is 27.7 Å². The van der Waals surface area contributed by atoms with E-state index in [4.69, 9.17) is 4.42 Å². The van der Waals surface area contributed by atoms with Crippen molar-refractivity contribution in [2.75, 3.05) is 4.90 Å². The van der Waals surface area contributed by atoms with E-state index in [1.54, 1.807) is 18.2 Å². The molecule has 7 nitrogen and oxygen atoms in total. The van der Waals surface area contributed by atoms with E-state index >= 15 is 0 Å². The SMILES string of the molecule is Cc1ccc2nc(N3C(=O)C(=O)C(C(=O)c4ccco4)C3c3cccc(O)c3)sc2c1. The minimum atomic E-state index is -1.31. The van der Waals surface area contributed by atoms with Crippen molar-refractivity contribution in [2.24, 2.45) is 5.92 Å². The van der Waals surface area contributed by atoms with Gasteiger partial charge in [-0.2, -0.15) is 0 Å². The lowest BCUT2D eigenvalue weighted by Gasteiger charge is -2.24. The number of furan rings is 1. The lowest BCUT2D eigenvalue weighted by atomic mass is 9.88. The maximum atomic E-state index is 13.2. The van der Waals surface area contributed by atoms with Gasteiger partial charge in [0.2, 0.25) is 11.6 Å². The van der Waals surface area contributed by atoms with Crippen LogP contribution in [0.3, 0.4) is 0 Å². The number of thiazole rings is 1. The summed E-state index contributed by atoms with van der Waals surface area (Å²) in [6, 6.07) is 14.0. The van der Waals surface area contributed by atoms with Crippen LogP contribution in [0.4, 0.5) is 5.13 Å². The maximum absolute atomic E-state index is 13.2. The Bertz CT molecular complexity index is 1340. The minimum absolute atomic E-state index is 0.00178. The molecule has 0 aliphatic carbocycles. The molecule has 31 heavy (non-hydrogen) atoms. The van der Waals surface area contributed by atoms with Crippen molar-refractivity contribution in [1.82, 2.24) is 4.98 Å². The van der Waals surface area contributed by atoms with Crippen LogP contribution in [0.25, 0.3) is 10.2 Å². The molecule has 1 aliphatic rings. The molecule has 5 rings (SSSR count). The van der Waals surface area contributed by atoms with Crippen LogP contribution < -0.4 is 4.90 Å². The largest absolute Gasteiger partial charge is 0.508 e. The molecule has 0 saturated carbocycles. The van der Waals surface area contributed by atoms with Gasteiger partial charge in [0.25, 0.3) is 5.91 Å². The molecule has 154 valence electrons. The van der Waals surface area contributed by atoms with E-state index in [2.05, 4.69) is 4.98 Å². The summed E-state index contributed by atoms with van der Waals surface area (Å²) >= 11 is 1.27. The predicted octanol–water partition coefficient (Wildman–Crippen LogP) is 4.06. The van der Waals surface area contributed by atoms with E-state index in [9.17, 15) is 19.5 Å². The van der Waals surface area contributed by atoms with E-state index in [-0.39, 0.29) is 11.5 Å². The van der Waals surface area contributed by atoms with Gasteiger partial charge in [0, 0.05) is 0 Å². The molecule has 1 amide bonds. The number of benzene rings is 2. The van der Waals surface area contributed by atoms with Crippen LogP contribution in [-0.4, -0.2) is 27.6 Å². The van der Waals surface area contributed by atoms with Crippen molar-refractivity contribution in [3.8, 4) is 5.75 Å². The molecule has 2 aromatic heterocycles. The number of ketones is 2. The molecule has 2 aromatic carbocycles. The number of aromatic nitrogens is 1. The van der Waals surface area contributed by atoms with E-state index in [1.807, 2.05) is 25.1 Å². The number of hydrogen-bond acceptors (Lipinski definition) is 7. The van der Waals surface area contributed by atoms with Crippen molar-refractivity contribution in [1.29, 1.82) is 0 Å². The van der Waals surface area contributed by atoms with Crippen LogP contribution in [0.2, 0.25) is 0 Å². The maximum Gasteiger partial charge on any atom is 0.297 e. The number of anilines is 1. The van der Waals surface area contributed by atoms with Crippen LogP contribution in [0.5, 0.6) is 5.75 Å². The van der Waals surface area contributed by atoms with Crippen LogP contribution >= 0.6 is 11.3 Å². The van der Waals surface area contributed by atoms with Gasteiger partial charge < -0.3 is 9.52 Å². The molecule has 1 N–H and O–H groups in total. The van der Waals surface area contributed by atoms with E-state index in [0.717, 1.165) is 10.3 Å². The zero-order chi connectivity index (χ0) is 21.7. The Labute approximate surface area is 180 Å². The Kier molecular flexibility index (Phi) is 4.44. The first-order chi connectivity index (χ1) is 14.9. The van der Waals surface area contributed by atoms with Gasteiger partial charge in [-0.15, -0.1) is 0 Å². The number of carbonyl (C=O) groups excluding carboxylic acids is 3. The number of aromatic hydroxyl groups is 1. The molecule has 2 atom stereocenters. The van der Waals surface area contributed by atoms with E-state index in [1.165, 1.54) is 40.7 Å². The lowest BCUT2D eigenvalue weighted by Crippen LogP contribution is -2.30. The highest BCUT2D eigenvalue weighted by Gasteiger charge is 2.54. The Hall–Kier alpha value is -3.78. The average molecular weight is 432 g/mol. The second-order valence-corrected chi connectivity index (χ2v) is 8.38. The monoisotopic (exact) mass is 432 g/mol. The van der Waals surface area contributed by atoms with Gasteiger partial charge in [-0.05, 0) is 54.4 Å². The number of rotatable bonds is 4. The fourth-order valence-corrected chi connectivity index (χ4v) is 4.98. The summed E-state index contributed by atoms with van der Waals surface area (Å²) in [7, 11) is 0. The number of nitrogens with zero attached hydrogens (tertiary/aromatic N) is 2. The van der Waals surface area contributed by atoms with Gasteiger partial charge >= 0.3 is 0 Å². The van der Waals surface area contributed by atoms with Crippen LogP contribution in [0.15, 0.2) is 65.3 Å². The fourth-order valence-electron chi connectivity index (χ4n) is 3.88. The van der Waals surface area contributed by atoms with Crippen LogP contribution in [-0.2, 0) is 9.59 Å². The van der Waals surface area contributed by atoms with Crippen LogP contribution in [0, 0.1) is 12.8 Å². The number of aryl methyl sites for hydroxylation is 1. The van der Waals surface area contributed by atoms with Crippen molar-refractivity contribution in [3.05, 3.63) is 77.7 Å².